The maximum absolute atomic E-state index is 12.2. The van der Waals surface area contributed by atoms with E-state index in [1.54, 1.807) is 12.1 Å². The average Bonchev–Trinajstić information content (AvgIpc) is 2.61. The second-order valence-corrected chi connectivity index (χ2v) is 5.00. The Labute approximate surface area is 121 Å². The molecule has 4 nitrogen and oxygen atoms in total. The zero-order chi connectivity index (χ0) is 13.9. The van der Waals surface area contributed by atoms with Crippen molar-refractivity contribution in [3.05, 3.63) is 53.3 Å². The molecule has 1 N–H and O–H groups in total. The Morgan fingerprint density at radius 2 is 2.10 bits per heavy atom. The molecule has 0 bridgehead atoms. The molecule has 0 saturated heterocycles. The number of amides is 1. The van der Waals surface area contributed by atoms with Gasteiger partial charge >= 0.3 is 0 Å². The molecular formula is C15H13ClN2O2. The van der Waals surface area contributed by atoms with E-state index in [0.29, 0.717) is 17.3 Å². The van der Waals surface area contributed by atoms with E-state index in [1.165, 1.54) is 6.20 Å². The normalized spacial score (nSPS) is 17.9. The predicted octanol–water partition coefficient (Wildman–Crippen LogP) is 3.07. The van der Waals surface area contributed by atoms with Crippen molar-refractivity contribution in [2.45, 2.75) is 18.9 Å². The molecule has 1 aliphatic heterocycles. The number of benzene rings is 1. The van der Waals surface area contributed by atoms with Gasteiger partial charge in [-0.15, -0.1) is 0 Å². The first-order valence-corrected chi connectivity index (χ1v) is 6.77. The molecule has 1 aliphatic rings. The number of hydrogen-bond donors (Lipinski definition) is 1. The van der Waals surface area contributed by atoms with E-state index in [0.717, 1.165) is 17.7 Å². The minimum absolute atomic E-state index is 0.134. The van der Waals surface area contributed by atoms with Gasteiger partial charge in [0.1, 0.15) is 10.9 Å². The number of carbonyl (C=O) groups excluding carboxylic acids is 1. The first-order chi connectivity index (χ1) is 9.72. The zero-order valence-corrected chi connectivity index (χ0v) is 11.4. The fourth-order valence-electron chi connectivity index (χ4n) is 2.20. The van der Waals surface area contributed by atoms with E-state index in [4.69, 9.17) is 16.3 Å². The summed E-state index contributed by atoms with van der Waals surface area (Å²) in [4.78, 5) is 16.1. The van der Waals surface area contributed by atoms with Crippen LogP contribution < -0.4 is 10.1 Å². The topological polar surface area (TPSA) is 51.2 Å². The van der Waals surface area contributed by atoms with Crippen LogP contribution in [0.2, 0.25) is 5.15 Å². The van der Waals surface area contributed by atoms with Crippen LogP contribution in [0.15, 0.2) is 42.6 Å². The van der Waals surface area contributed by atoms with Gasteiger partial charge in [0.15, 0.2) is 6.10 Å². The smallest absolute Gasteiger partial charge is 0.265 e. The molecule has 0 saturated carbocycles. The van der Waals surface area contributed by atoms with Crippen molar-refractivity contribution in [1.82, 2.24) is 4.98 Å². The van der Waals surface area contributed by atoms with Crippen LogP contribution in [0.25, 0.3) is 0 Å². The molecule has 0 spiro atoms. The van der Waals surface area contributed by atoms with Crippen molar-refractivity contribution in [2.75, 3.05) is 5.32 Å². The quantitative estimate of drug-likeness (QED) is 0.864. The van der Waals surface area contributed by atoms with Gasteiger partial charge in [-0.2, -0.15) is 0 Å². The van der Waals surface area contributed by atoms with Gasteiger partial charge in [0.2, 0.25) is 0 Å². The number of anilines is 1. The van der Waals surface area contributed by atoms with Crippen molar-refractivity contribution in [1.29, 1.82) is 0 Å². The van der Waals surface area contributed by atoms with Gasteiger partial charge in [-0.1, -0.05) is 29.8 Å². The minimum atomic E-state index is -0.523. The van der Waals surface area contributed by atoms with E-state index in [-0.39, 0.29) is 5.91 Å². The summed E-state index contributed by atoms with van der Waals surface area (Å²) >= 11 is 5.72. The number of aromatic nitrogens is 1. The second-order valence-electron chi connectivity index (χ2n) is 4.61. The third-order valence-electron chi connectivity index (χ3n) is 3.22. The number of aryl methyl sites for hydroxylation is 1. The molecular weight excluding hydrogens is 276 g/mol. The van der Waals surface area contributed by atoms with Crippen LogP contribution in [0.1, 0.15) is 12.0 Å². The number of halogens is 1. The van der Waals surface area contributed by atoms with Crippen LogP contribution in [0.4, 0.5) is 5.69 Å². The molecule has 20 heavy (non-hydrogen) atoms. The van der Waals surface area contributed by atoms with E-state index in [2.05, 4.69) is 10.3 Å². The van der Waals surface area contributed by atoms with Crippen LogP contribution in [0, 0.1) is 0 Å². The SMILES string of the molecule is O=C1Nc2ccccc2CCC1Oc1ccc(Cl)nc1. The first kappa shape index (κ1) is 12.9. The van der Waals surface area contributed by atoms with E-state index in [9.17, 15) is 4.79 Å². The van der Waals surface area contributed by atoms with E-state index < -0.39 is 6.10 Å². The molecule has 2 heterocycles. The highest BCUT2D eigenvalue weighted by molar-refractivity contribution is 6.29. The Morgan fingerprint density at radius 1 is 1.25 bits per heavy atom. The third kappa shape index (κ3) is 2.75. The number of nitrogens with one attached hydrogen (secondary N) is 1. The maximum Gasteiger partial charge on any atom is 0.265 e. The molecule has 3 rings (SSSR count). The van der Waals surface area contributed by atoms with Crippen molar-refractivity contribution >= 4 is 23.2 Å². The summed E-state index contributed by atoms with van der Waals surface area (Å²) < 4.78 is 5.70. The first-order valence-electron chi connectivity index (χ1n) is 6.39. The van der Waals surface area contributed by atoms with E-state index in [1.807, 2.05) is 24.3 Å². The Balaban J connectivity index is 1.76. The largest absolute Gasteiger partial charge is 0.479 e. The van der Waals surface area contributed by atoms with Crippen molar-refractivity contribution in [2.24, 2.45) is 0 Å². The fourth-order valence-corrected chi connectivity index (χ4v) is 2.31. The third-order valence-corrected chi connectivity index (χ3v) is 3.45. The molecule has 0 radical (unpaired) electrons. The molecule has 1 aromatic heterocycles. The summed E-state index contributed by atoms with van der Waals surface area (Å²) in [6.07, 6.45) is 2.42. The van der Waals surface area contributed by atoms with Crippen LogP contribution >= 0.6 is 11.6 Å². The highest BCUT2D eigenvalue weighted by Crippen LogP contribution is 2.24. The van der Waals surface area contributed by atoms with Crippen LogP contribution in [-0.4, -0.2) is 17.0 Å². The zero-order valence-electron chi connectivity index (χ0n) is 10.7. The number of rotatable bonds is 2. The predicted molar refractivity (Wildman–Crippen MR) is 77.1 cm³/mol. The number of nitrogens with zero attached hydrogens (tertiary/aromatic N) is 1. The molecule has 102 valence electrons. The Morgan fingerprint density at radius 3 is 2.90 bits per heavy atom. The van der Waals surface area contributed by atoms with Crippen molar-refractivity contribution in [3.63, 3.8) is 0 Å². The number of pyridine rings is 1. The lowest BCUT2D eigenvalue weighted by molar-refractivity contribution is -0.122. The molecule has 1 atom stereocenters. The number of hydrogen-bond acceptors (Lipinski definition) is 3. The fraction of sp³-hybridized carbons (Fsp3) is 0.200. The summed E-state index contributed by atoms with van der Waals surface area (Å²) in [5.41, 5.74) is 1.99. The highest BCUT2D eigenvalue weighted by Gasteiger charge is 2.25. The van der Waals surface area contributed by atoms with Crippen molar-refractivity contribution < 1.29 is 9.53 Å². The number of ether oxygens (including phenoxy) is 1. The Kier molecular flexibility index (Phi) is 3.56. The Bertz CT molecular complexity index is 628. The molecule has 1 amide bonds. The van der Waals surface area contributed by atoms with Crippen LogP contribution in [0.5, 0.6) is 5.75 Å². The lowest BCUT2D eigenvalue weighted by Gasteiger charge is -2.15. The summed E-state index contributed by atoms with van der Waals surface area (Å²) in [5.74, 6) is 0.408. The van der Waals surface area contributed by atoms with Gasteiger partial charge < -0.3 is 10.1 Å². The van der Waals surface area contributed by atoms with Gasteiger partial charge in [0.25, 0.3) is 5.91 Å². The number of para-hydroxylation sites is 1. The molecule has 0 aliphatic carbocycles. The average molecular weight is 289 g/mol. The lowest BCUT2D eigenvalue weighted by Crippen LogP contribution is -2.31. The summed E-state index contributed by atoms with van der Waals surface area (Å²) in [5, 5.41) is 3.29. The molecule has 2 aromatic rings. The van der Waals surface area contributed by atoms with Gasteiger partial charge in [0.05, 0.1) is 6.20 Å². The van der Waals surface area contributed by atoms with Gasteiger partial charge in [-0.25, -0.2) is 4.98 Å². The standard InChI is InChI=1S/C15H13ClN2O2/c16-14-8-6-11(9-17-14)20-13-7-5-10-3-1-2-4-12(10)18-15(13)19/h1-4,6,8-9,13H,5,7H2,(H,18,19). The summed E-state index contributed by atoms with van der Waals surface area (Å²) in [6, 6.07) is 11.1. The van der Waals surface area contributed by atoms with Crippen molar-refractivity contribution in [3.8, 4) is 5.75 Å². The van der Waals surface area contributed by atoms with Gasteiger partial charge in [-0.05, 0) is 36.6 Å². The van der Waals surface area contributed by atoms with Crippen LogP contribution in [0.3, 0.4) is 0 Å². The number of carbonyl (C=O) groups is 1. The minimum Gasteiger partial charge on any atom is -0.479 e. The highest BCUT2D eigenvalue weighted by atomic mass is 35.5. The number of fused-ring (bicyclic) bond motifs is 1. The van der Waals surface area contributed by atoms with E-state index >= 15 is 0 Å². The molecule has 5 heteroatoms. The van der Waals surface area contributed by atoms with Gasteiger partial charge in [-0.3, -0.25) is 4.79 Å². The molecule has 1 unspecified atom stereocenters. The summed E-state index contributed by atoms with van der Waals surface area (Å²) in [6.45, 7) is 0. The molecule has 1 aromatic carbocycles. The monoisotopic (exact) mass is 288 g/mol. The van der Waals surface area contributed by atoms with Crippen LogP contribution in [-0.2, 0) is 11.2 Å². The maximum atomic E-state index is 12.2. The Hall–Kier alpha value is -2.07. The summed E-state index contributed by atoms with van der Waals surface area (Å²) in [7, 11) is 0. The van der Waals surface area contributed by atoms with Gasteiger partial charge in [0, 0.05) is 5.69 Å². The second kappa shape index (κ2) is 5.51. The lowest BCUT2D eigenvalue weighted by atomic mass is 10.1. The molecule has 0 fully saturated rings.